The molecule has 0 saturated heterocycles. The number of ether oxygens (including phenoxy) is 2. The van der Waals surface area contributed by atoms with E-state index in [9.17, 15) is 14.4 Å². The van der Waals surface area contributed by atoms with Crippen LogP contribution in [0.1, 0.15) is 37.4 Å². The lowest BCUT2D eigenvalue weighted by molar-refractivity contribution is -0.141. The predicted molar refractivity (Wildman–Crippen MR) is 181 cm³/mol. The van der Waals surface area contributed by atoms with Crippen LogP contribution in [-0.2, 0) is 16.0 Å². The number of carbonyl (C=O) groups is 3. The van der Waals surface area contributed by atoms with Crippen molar-refractivity contribution in [3.63, 3.8) is 0 Å². The summed E-state index contributed by atoms with van der Waals surface area (Å²) in [5.74, 6) is -0.0399. The smallest absolute Gasteiger partial charge is 0.328 e. The van der Waals surface area contributed by atoms with Crippen molar-refractivity contribution in [1.82, 2.24) is 0 Å². The number of nitrogens with zero attached hydrogens (tertiary/aromatic N) is 1. The van der Waals surface area contributed by atoms with Gasteiger partial charge in [0.05, 0.1) is 13.7 Å². The van der Waals surface area contributed by atoms with Gasteiger partial charge in [-0.3, -0.25) is 9.59 Å². The molecule has 5 rings (SSSR count). The van der Waals surface area contributed by atoms with Gasteiger partial charge in [-0.15, -0.1) is 0 Å². The molecular formula is C39H36N2O5. The van der Waals surface area contributed by atoms with E-state index < -0.39 is 12.0 Å². The number of anilines is 2. The molecule has 0 saturated carbocycles. The molecule has 1 amide bonds. The van der Waals surface area contributed by atoms with Gasteiger partial charge >= 0.3 is 5.97 Å². The second-order valence-electron chi connectivity index (χ2n) is 10.8. The second kappa shape index (κ2) is 15.3. The number of nitrogens with one attached hydrogen (secondary N) is 1. The number of carbonyl (C=O) groups excluding carboxylic acids is 3. The summed E-state index contributed by atoms with van der Waals surface area (Å²) in [7, 11) is 1.34. The largest absolute Gasteiger partial charge is 0.492 e. The Balaban J connectivity index is 1.25. The third-order valence-electron chi connectivity index (χ3n) is 7.55. The lowest BCUT2D eigenvalue weighted by atomic mass is 10.00. The van der Waals surface area contributed by atoms with Crippen molar-refractivity contribution in [2.45, 2.75) is 19.4 Å². The van der Waals surface area contributed by atoms with Gasteiger partial charge in [0.2, 0.25) is 0 Å². The Bertz CT molecular complexity index is 1770. The fraction of sp³-hybridized carbons (Fsp3) is 0.154. The Hall–Kier alpha value is -5.69. The molecule has 0 unspecified atom stereocenters. The summed E-state index contributed by atoms with van der Waals surface area (Å²) < 4.78 is 11.1. The first-order chi connectivity index (χ1) is 22.4. The van der Waals surface area contributed by atoms with E-state index in [0.717, 1.165) is 16.8 Å². The van der Waals surface area contributed by atoms with E-state index in [1.54, 1.807) is 47.4 Å². The number of methoxy groups -OCH3 is 1. The number of ketones is 1. The molecule has 7 heteroatoms. The molecule has 0 heterocycles. The second-order valence-corrected chi connectivity index (χ2v) is 10.8. The molecule has 7 nitrogen and oxygen atoms in total. The summed E-state index contributed by atoms with van der Waals surface area (Å²) in [4.78, 5) is 41.2. The quantitative estimate of drug-likeness (QED) is 0.112. The van der Waals surface area contributed by atoms with Crippen molar-refractivity contribution < 1.29 is 23.9 Å². The van der Waals surface area contributed by atoms with Gasteiger partial charge in [-0.05, 0) is 66.6 Å². The molecule has 5 aromatic rings. The molecule has 232 valence electrons. The standard InChI is InChI=1S/C39H36N2O5/c1-28-12-11-17-32(26-28)41(38(43)31-15-7-4-8-16-31)24-25-46-33-22-20-29(21-23-33)27-36(39(44)45-2)40-35-19-10-9-18-34(35)37(42)30-13-5-3-6-14-30/h3-23,26,36,40H,24-25,27H2,1-2H3/t36-/m0/s1. The summed E-state index contributed by atoms with van der Waals surface area (Å²) in [5.41, 5.74) is 4.93. The zero-order chi connectivity index (χ0) is 32.3. The maximum atomic E-state index is 13.4. The molecule has 0 bridgehead atoms. The third-order valence-corrected chi connectivity index (χ3v) is 7.55. The highest BCUT2D eigenvalue weighted by Crippen LogP contribution is 2.23. The van der Waals surface area contributed by atoms with E-state index in [2.05, 4.69) is 5.32 Å². The predicted octanol–water partition coefficient (Wildman–Crippen LogP) is 7.15. The van der Waals surface area contributed by atoms with Crippen molar-refractivity contribution in [2.75, 3.05) is 30.5 Å². The molecule has 0 aliphatic carbocycles. The minimum atomic E-state index is -0.728. The average Bonchev–Trinajstić information content (AvgIpc) is 3.10. The Morgan fingerprint density at radius 3 is 2.07 bits per heavy atom. The highest BCUT2D eigenvalue weighted by molar-refractivity contribution is 6.12. The minimum Gasteiger partial charge on any atom is -0.492 e. The van der Waals surface area contributed by atoms with Crippen LogP contribution in [0, 0.1) is 6.92 Å². The first-order valence-corrected chi connectivity index (χ1v) is 15.1. The molecular weight excluding hydrogens is 576 g/mol. The van der Waals surface area contributed by atoms with Crippen LogP contribution in [0.25, 0.3) is 0 Å². The van der Waals surface area contributed by atoms with Crippen LogP contribution in [0.3, 0.4) is 0 Å². The molecule has 0 aliphatic heterocycles. The monoisotopic (exact) mass is 612 g/mol. The topological polar surface area (TPSA) is 84.9 Å². The first kappa shape index (κ1) is 31.7. The number of esters is 1. The van der Waals surface area contributed by atoms with Crippen LogP contribution in [0.4, 0.5) is 11.4 Å². The van der Waals surface area contributed by atoms with Gasteiger partial charge in [-0.25, -0.2) is 4.79 Å². The molecule has 0 fully saturated rings. The Kier molecular flexibility index (Phi) is 10.6. The molecule has 1 N–H and O–H groups in total. The number of para-hydroxylation sites is 1. The number of hydrogen-bond donors (Lipinski definition) is 1. The van der Waals surface area contributed by atoms with Gasteiger partial charge in [0.15, 0.2) is 5.78 Å². The van der Waals surface area contributed by atoms with Crippen molar-refractivity contribution >= 4 is 29.0 Å². The van der Waals surface area contributed by atoms with Crippen LogP contribution in [0.15, 0.2) is 133 Å². The number of hydrogen-bond acceptors (Lipinski definition) is 6. The highest BCUT2D eigenvalue weighted by Gasteiger charge is 2.23. The SMILES string of the molecule is COC(=O)[C@H](Cc1ccc(OCCN(C(=O)c2ccccc2)c2cccc(C)c2)cc1)Nc1ccccc1C(=O)c1ccccc1. The summed E-state index contributed by atoms with van der Waals surface area (Å²) in [5, 5.41) is 3.24. The Morgan fingerprint density at radius 2 is 1.39 bits per heavy atom. The van der Waals surface area contributed by atoms with Crippen LogP contribution in [0.2, 0.25) is 0 Å². The van der Waals surface area contributed by atoms with Crippen LogP contribution in [-0.4, -0.2) is 44.0 Å². The van der Waals surface area contributed by atoms with Crippen LogP contribution in [0.5, 0.6) is 5.75 Å². The summed E-state index contributed by atoms with van der Waals surface area (Å²) in [6.45, 7) is 2.63. The van der Waals surface area contributed by atoms with E-state index in [0.29, 0.717) is 41.1 Å². The number of benzene rings is 5. The van der Waals surface area contributed by atoms with Crippen molar-refractivity contribution in [3.05, 3.63) is 161 Å². The zero-order valence-corrected chi connectivity index (χ0v) is 25.9. The van der Waals surface area contributed by atoms with Crippen LogP contribution >= 0.6 is 0 Å². The molecule has 0 spiro atoms. The Labute approximate surface area is 269 Å². The van der Waals surface area contributed by atoms with E-state index >= 15 is 0 Å². The highest BCUT2D eigenvalue weighted by atomic mass is 16.5. The van der Waals surface area contributed by atoms with Crippen molar-refractivity contribution in [3.8, 4) is 5.75 Å². The lowest BCUT2D eigenvalue weighted by Crippen LogP contribution is -2.34. The van der Waals surface area contributed by atoms with Crippen LogP contribution < -0.4 is 15.0 Å². The number of amides is 1. The summed E-state index contributed by atoms with van der Waals surface area (Å²) >= 11 is 0. The number of aryl methyl sites for hydroxylation is 1. The van der Waals surface area contributed by atoms with Gasteiger partial charge in [0, 0.05) is 34.5 Å². The summed E-state index contributed by atoms with van der Waals surface area (Å²) in [6, 6.07) is 39.9. The fourth-order valence-electron chi connectivity index (χ4n) is 5.17. The van der Waals surface area contributed by atoms with E-state index in [4.69, 9.17) is 9.47 Å². The minimum absolute atomic E-state index is 0.0986. The molecule has 5 aromatic carbocycles. The van der Waals surface area contributed by atoms with Gasteiger partial charge in [-0.2, -0.15) is 0 Å². The van der Waals surface area contributed by atoms with Gasteiger partial charge in [0.1, 0.15) is 18.4 Å². The van der Waals surface area contributed by atoms with Gasteiger partial charge in [-0.1, -0.05) is 84.9 Å². The number of rotatable bonds is 13. The maximum Gasteiger partial charge on any atom is 0.328 e. The third kappa shape index (κ3) is 8.07. The maximum absolute atomic E-state index is 13.4. The van der Waals surface area contributed by atoms with E-state index in [-0.39, 0.29) is 18.3 Å². The van der Waals surface area contributed by atoms with E-state index in [1.807, 2.05) is 97.9 Å². The molecule has 0 radical (unpaired) electrons. The Morgan fingerprint density at radius 1 is 0.739 bits per heavy atom. The summed E-state index contributed by atoms with van der Waals surface area (Å²) in [6.07, 6.45) is 0.327. The first-order valence-electron chi connectivity index (χ1n) is 15.1. The van der Waals surface area contributed by atoms with Gasteiger partial charge < -0.3 is 19.7 Å². The average molecular weight is 613 g/mol. The molecule has 0 aromatic heterocycles. The van der Waals surface area contributed by atoms with Crippen molar-refractivity contribution in [1.29, 1.82) is 0 Å². The van der Waals surface area contributed by atoms with Gasteiger partial charge in [0.25, 0.3) is 5.91 Å². The molecule has 1 atom stereocenters. The van der Waals surface area contributed by atoms with E-state index in [1.165, 1.54) is 7.11 Å². The molecule has 0 aliphatic rings. The molecule has 46 heavy (non-hydrogen) atoms. The van der Waals surface area contributed by atoms with Crippen molar-refractivity contribution in [2.24, 2.45) is 0 Å². The zero-order valence-electron chi connectivity index (χ0n) is 25.9. The normalized spacial score (nSPS) is 11.3. The lowest BCUT2D eigenvalue weighted by Gasteiger charge is -2.23. The fourth-order valence-corrected chi connectivity index (χ4v) is 5.17.